The third-order valence-electron chi connectivity index (χ3n) is 1.13. The second-order valence-electron chi connectivity index (χ2n) is 3.11. The number of rotatable bonds is 4. The topological polar surface area (TPSA) is 72.5 Å². The second-order valence-corrected chi connectivity index (χ2v) is 4.45. The van der Waals surface area contributed by atoms with E-state index in [-0.39, 0.29) is 6.10 Å². The molecule has 68 valence electrons. The maximum atomic E-state index is 10.5. The zero-order chi connectivity index (χ0) is 9.07. The van der Waals surface area contributed by atoms with Gasteiger partial charge in [0.25, 0.3) is 0 Å². The van der Waals surface area contributed by atoms with E-state index in [0.29, 0.717) is 5.92 Å². The van der Waals surface area contributed by atoms with Crippen LogP contribution in [0.5, 0.6) is 0 Å². The van der Waals surface area contributed by atoms with Gasteiger partial charge >= 0.3 is 7.75 Å². The molecular formula is C6H16NO3P. The summed E-state index contributed by atoms with van der Waals surface area (Å²) in [5.74, 6) is 0.441. The van der Waals surface area contributed by atoms with E-state index in [4.69, 9.17) is 10.4 Å². The van der Waals surface area contributed by atoms with Crippen LogP contribution in [0.1, 0.15) is 27.2 Å². The molecule has 0 amide bonds. The average Bonchev–Trinajstić information content (AvgIpc) is 1.53. The van der Waals surface area contributed by atoms with Gasteiger partial charge in [-0.05, 0) is 19.3 Å². The largest absolute Gasteiger partial charge is 0.400 e. The summed E-state index contributed by atoms with van der Waals surface area (Å²) < 4.78 is 15.2. The fourth-order valence-electron chi connectivity index (χ4n) is 0.965. The first-order chi connectivity index (χ1) is 4.81. The molecule has 0 aliphatic rings. The number of hydrogen-bond acceptors (Lipinski definition) is 2. The highest BCUT2D eigenvalue weighted by molar-refractivity contribution is 7.50. The fourth-order valence-corrected chi connectivity index (χ4v) is 1.57. The number of hydrogen-bond donors (Lipinski definition) is 2. The highest BCUT2D eigenvalue weighted by Crippen LogP contribution is 2.34. The molecule has 0 bridgehead atoms. The predicted octanol–water partition coefficient (Wildman–Crippen LogP) is 1.50. The molecule has 11 heavy (non-hydrogen) atoms. The van der Waals surface area contributed by atoms with E-state index in [9.17, 15) is 4.57 Å². The molecule has 2 atom stereocenters. The molecule has 0 spiro atoms. The van der Waals surface area contributed by atoms with Crippen LogP contribution < -0.4 is 5.50 Å². The zero-order valence-corrected chi connectivity index (χ0v) is 8.04. The Balaban J connectivity index is 3.70. The van der Waals surface area contributed by atoms with Crippen LogP contribution in [0.15, 0.2) is 0 Å². The lowest BCUT2D eigenvalue weighted by Crippen LogP contribution is -2.12. The van der Waals surface area contributed by atoms with Gasteiger partial charge in [-0.15, -0.1) is 0 Å². The van der Waals surface area contributed by atoms with Gasteiger partial charge in [0.2, 0.25) is 0 Å². The molecule has 0 aromatic carbocycles. The summed E-state index contributed by atoms with van der Waals surface area (Å²) >= 11 is 0. The Labute approximate surface area is 67.3 Å². The van der Waals surface area contributed by atoms with Gasteiger partial charge in [-0.2, -0.15) is 0 Å². The molecule has 0 radical (unpaired) electrons. The average molecular weight is 181 g/mol. The van der Waals surface area contributed by atoms with Crippen LogP contribution in [0.4, 0.5) is 0 Å². The van der Waals surface area contributed by atoms with Crippen LogP contribution in [0.2, 0.25) is 0 Å². The third kappa shape index (κ3) is 8.01. The molecule has 5 heteroatoms. The maximum absolute atomic E-state index is 10.5. The van der Waals surface area contributed by atoms with Crippen LogP contribution in [0.25, 0.3) is 0 Å². The summed E-state index contributed by atoms with van der Waals surface area (Å²) in [5, 5.41) is 0. The molecule has 0 saturated carbocycles. The van der Waals surface area contributed by atoms with E-state index >= 15 is 0 Å². The molecule has 0 saturated heterocycles. The van der Waals surface area contributed by atoms with Gasteiger partial charge in [0.15, 0.2) is 0 Å². The summed E-state index contributed by atoms with van der Waals surface area (Å²) in [6, 6.07) is 0. The first-order valence-electron chi connectivity index (χ1n) is 3.61. The lowest BCUT2D eigenvalue weighted by molar-refractivity contribution is 0.167. The van der Waals surface area contributed by atoms with E-state index in [1.165, 1.54) is 0 Å². The maximum Gasteiger partial charge on any atom is 0.400 e. The van der Waals surface area contributed by atoms with Crippen LogP contribution in [-0.2, 0) is 9.09 Å². The van der Waals surface area contributed by atoms with E-state index in [1.807, 2.05) is 13.8 Å². The van der Waals surface area contributed by atoms with Crippen molar-refractivity contribution in [3.8, 4) is 0 Å². The van der Waals surface area contributed by atoms with E-state index < -0.39 is 7.75 Å². The van der Waals surface area contributed by atoms with Crippen molar-refractivity contribution in [2.24, 2.45) is 11.4 Å². The van der Waals surface area contributed by atoms with Gasteiger partial charge in [-0.1, -0.05) is 13.8 Å². The SMILES string of the molecule is CC(C)CC(C)OP(N)(=O)O. The Morgan fingerprint density at radius 1 is 1.55 bits per heavy atom. The van der Waals surface area contributed by atoms with Crippen molar-refractivity contribution < 1.29 is 14.0 Å². The van der Waals surface area contributed by atoms with Crippen molar-refractivity contribution in [2.45, 2.75) is 33.3 Å². The molecule has 0 rings (SSSR count). The Hall–Kier alpha value is 0.110. The first kappa shape index (κ1) is 11.1. The smallest absolute Gasteiger partial charge is 0.313 e. The minimum Gasteiger partial charge on any atom is -0.313 e. The summed E-state index contributed by atoms with van der Waals surface area (Å²) in [6.45, 7) is 5.76. The highest BCUT2D eigenvalue weighted by atomic mass is 31.2. The molecule has 4 nitrogen and oxygen atoms in total. The molecule has 0 fully saturated rings. The van der Waals surface area contributed by atoms with Gasteiger partial charge in [-0.25, -0.2) is 10.1 Å². The monoisotopic (exact) mass is 181 g/mol. The van der Waals surface area contributed by atoms with Crippen molar-refractivity contribution in [2.75, 3.05) is 0 Å². The van der Waals surface area contributed by atoms with E-state index in [1.54, 1.807) is 6.92 Å². The number of nitrogens with two attached hydrogens (primary N) is 1. The van der Waals surface area contributed by atoms with Crippen molar-refractivity contribution in [1.82, 2.24) is 0 Å². The second kappa shape index (κ2) is 4.21. The Kier molecular flexibility index (Phi) is 4.26. The summed E-state index contributed by atoms with van der Waals surface area (Å²) in [6.07, 6.45) is 0.484. The van der Waals surface area contributed by atoms with Crippen LogP contribution in [0, 0.1) is 5.92 Å². The Bertz CT molecular complexity index is 154. The molecular weight excluding hydrogens is 165 g/mol. The van der Waals surface area contributed by atoms with Crippen molar-refractivity contribution >= 4 is 7.75 Å². The normalized spacial score (nSPS) is 19.8. The quantitative estimate of drug-likeness (QED) is 0.644. The molecule has 0 aromatic rings. The Morgan fingerprint density at radius 3 is 2.27 bits per heavy atom. The summed E-state index contributed by atoms with van der Waals surface area (Å²) in [7, 11) is -3.78. The fraction of sp³-hybridized carbons (Fsp3) is 1.00. The van der Waals surface area contributed by atoms with Crippen LogP contribution in [-0.4, -0.2) is 11.0 Å². The van der Waals surface area contributed by atoms with Crippen LogP contribution >= 0.6 is 7.75 Å². The van der Waals surface area contributed by atoms with Gasteiger partial charge in [0, 0.05) is 0 Å². The molecule has 3 N–H and O–H groups in total. The molecule has 0 aliphatic heterocycles. The van der Waals surface area contributed by atoms with E-state index in [2.05, 4.69) is 4.52 Å². The van der Waals surface area contributed by atoms with Crippen molar-refractivity contribution in [1.29, 1.82) is 0 Å². The lowest BCUT2D eigenvalue weighted by Gasteiger charge is -2.15. The molecule has 0 heterocycles. The lowest BCUT2D eigenvalue weighted by atomic mass is 10.1. The minimum absolute atomic E-state index is 0.254. The minimum atomic E-state index is -3.78. The van der Waals surface area contributed by atoms with Gasteiger partial charge < -0.3 is 4.89 Å². The summed E-state index contributed by atoms with van der Waals surface area (Å²) in [5.41, 5.74) is 4.80. The third-order valence-corrected chi connectivity index (χ3v) is 1.80. The van der Waals surface area contributed by atoms with Crippen molar-refractivity contribution in [3.63, 3.8) is 0 Å². The van der Waals surface area contributed by atoms with Crippen LogP contribution in [0.3, 0.4) is 0 Å². The molecule has 0 aromatic heterocycles. The highest BCUT2D eigenvalue weighted by Gasteiger charge is 2.16. The summed E-state index contributed by atoms with van der Waals surface area (Å²) in [4.78, 5) is 8.61. The molecule has 2 unspecified atom stereocenters. The van der Waals surface area contributed by atoms with Gasteiger partial charge in [0.05, 0.1) is 6.10 Å². The van der Waals surface area contributed by atoms with E-state index in [0.717, 1.165) is 6.42 Å². The predicted molar refractivity (Wildman–Crippen MR) is 44.0 cm³/mol. The first-order valence-corrected chi connectivity index (χ1v) is 5.25. The zero-order valence-electron chi connectivity index (χ0n) is 7.15. The Morgan fingerprint density at radius 2 is 2.00 bits per heavy atom. The van der Waals surface area contributed by atoms with Gasteiger partial charge in [0.1, 0.15) is 0 Å². The van der Waals surface area contributed by atoms with Crippen molar-refractivity contribution in [3.05, 3.63) is 0 Å². The standard InChI is InChI=1S/C6H16NO3P/c1-5(2)4-6(3)10-11(7,8)9/h5-6H,4H2,1-3H3,(H3,7,8,9). The van der Waals surface area contributed by atoms with Gasteiger partial charge in [-0.3, -0.25) is 4.52 Å². The molecule has 0 aliphatic carbocycles.